The van der Waals surface area contributed by atoms with Gasteiger partial charge >= 0.3 is 0 Å². The van der Waals surface area contributed by atoms with Crippen LogP contribution in [0.2, 0.25) is 0 Å². The van der Waals surface area contributed by atoms with Crippen LogP contribution in [-0.4, -0.2) is 30.2 Å². The van der Waals surface area contributed by atoms with Gasteiger partial charge in [0.1, 0.15) is 5.60 Å². The van der Waals surface area contributed by atoms with Gasteiger partial charge in [-0.3, -0.25) is 4.79 Å². The predicted molar refractivity (Wildman–Crippen MR) is 97.6 cm³/mol. The summed E-state index contributed by atoms with van der Waals surface area (Å²) in [6, 6.07) is 1.88. The molecule has 1 amide bonds. The van der Waals surface area contributed by atoms with Crippen molar-refractivity contribution in [2.24, 2.45) is 0 Å². The van der Waals surface area contributed by atoms with Crippen molar-refractivity contribution in [1.82, 2.24) is 4.98 Å². The van der Waals surface area contributed by atoms with E-state index < -0.39 is 5.60 Å². The molecular weight excluding hydrogens is 304 g/mol. The second-order valence-corrected chi connectivity index (χ2v) is 6.39. The van der Waals surface area contributed by atoms with Gasteiger partial charge in [0.05, 0.1) is 18.5 Å². The van der Waals surface area contributed by atoms with Crippen molar-refractivity contribution in [3.8, 4) is 5.88 Å². The van der Waals surface area contributed by atoms with Crippen molar-refractivity contribution in [2.45, 2.75) is 71.8 Å². The largest absolute Gasteiger partial charge is 0.477 e. The van der Waals surface area contributed by atoms with Gasteiger partial charge in [0.15, 0.2) is 0 Å². The lowest BCUT2D eigenvalue weighted by Crippen LogP contribution is -2.42. The molecule has 1 atom stereocenters. The van der Waals surface area contributed by atoms with E-state index in [0.29, 0.717) is 24.6 Å². The molecule has 1 aromatic rings. The highest BCUT2D eigenvalue weighted by molar-refractivity contribution is 5.97. The number of aromatic nitrogens is 1. The number of methoxy groups -OCH3 is 1. The number of unbranched alkanes of at least 4 members (excludes halogenated alkanes) is 3. The summed E-state index contributed by atoms with van der Waals surface area (Å²) in [7, 11) is 1.58. The molecule has 24 heavy (non-hydrogen) atoms. The Morgan fingerprint density at radius 3 is 2.54 bits per heavy atom. The monoisotopic (exact) mass is 336 g/mol. The highest BCUT2D eigenvalue weighted by Crippen LogP contribution is 2.23. The third-order valence-corrected chi connectivity index (χ3v) is 4.21. The average molecular weight is 336 g/mol. The zero-order valence-corrected chi connectivity index (χ0v) is 15.8. The Hall–Kier alpha value is -1.62. The van der Waals surface area contributed by atoms with Gasteiger partial charge in [-0.05, 0) is 32.8 Å². The van der Waals surface area contributed by atoms with Crippen LogP contribution in [0, 0.1) is 6.92 Å². The van der Waals surface area contributed by atoms with E-state index in [-0.39, 0.29) is 5.91 Å². The molecule has 1 rings (SSSR count). The molecule has 0 aromatic carbocycles. The maximum Gasteiger partial charge on any atom is 0.256 e. The van der Waals surface area contributed by atoms with Crippen molar-refractivity contribution in [3.05, 3.63) is 17.8 Å². The van der Waals surface area contributed by atoms with E-state index >= 15 is 0 Å². The molecule has 0 aliphatic carbocycles. The van der Waals surface area contributed by atoms with Crippen LogP contribution in [0.4, 0.5) is 5.69 Å². The number of anilines is 1. The van der Waals surface area contributed by atoms with Gasteiger partial charge in [-0.1, -0.05) is 39.5 Å². The van der Waals surface area contributed by atoms with Crippen LogP contribution in [-0.2, 0) is 9.53 Å². The highest BCUT2D eigenvalue weighted by atomic mass is 16.5. The minimum absolute atomic E-state index is 0.137. The summed E-state index contributed by atoms with van der Waals surface area (Å²) in [5, 5.41) is 2.91. The molecular formula is C19H32N2O3. The minimum Gasteiger partial charge on any atom is -0.477 e. The van der Waals surface area contributed by atoms with Gasteiger partial charge in [0.2, 0.25) is 5.88 Å². The standard InChI is InChI=1S/C19H32N2O3/c1-6-8-10-11-19(4,23-5)18(22)21-16-13-15(3)17(20-14-16)24-12-9-7-2/h13-14H,6-12H2,1-5H3,(H,21,22)/t19-/m1/s1. The number of amides is 1. The smallest absolute Gasteiger partial charge is 0.256 e. The fourth-order valence-electron chi connectivity index (χ4n) is 2.38. The Bertz CT molecular complexity index is 519. The van der Waals surface area contributed by atoms with Gasteiger partial charge in [-0.2, -0.15) is 0 Å². The lowest BCUT2D eigenvalue weighted by atomic mass is 9.97. The number of pyridine rings is 1. The number of rotatable bonds is 11. The zero-order chi connectivity index (χ0) is 18.0. The van der Waals surface area contributed by atoms with E-state index in [1.165, 1.54) is 0 Å². The molecule has 0 aliphatic heterocycles. The Morgan fingerprint density at radius 2 is 1.96 bits per heavy atom. The molecule has 5 heteroatoms. The summed E-state index contributed by atoms with van der Waals surface area (Å²) >= 11 is 0. The van der Waals surface area contributed by atoms with Gasteiger partial charge in [0.25, 0.3) is 5.91 Å². The highest BCUT2D eigenvalue weighted by Gasteiger charge is 2.32. The molecule has 5 nitrogen and oxygen atoms in total. The quantitative estimate of drug-likeness (QED) is 0.605. The molecule has 0 spiro atoms. The van der Waals surface area contributed by atoms with Gasteiger partial charge < -0.3 is 14.8 Å². The van der Waals surface area contributed by atoms with Crippen molar-refractivity contribution in [2.75, 3.05) is 19.0 Å². The van der Waals surface area contributed by atoms with Crippen molar-refractivity contribution >= 4 is 11.6 Å². The molecule has 1 aromatic heterocycles. The van der Waals surface area contributed by atoms with Crippen LogP contribution in [0.15, 0.2) is 12.3 Å². The summed E-state index contributed by atoms with van der Waals surface area (Å²) < 4.78 is 11.1. The summed E-state index contributed by atoms with van der Waals surface area (Å²) in [4.78, 5) is 16.9. The number of carbonyl (C=O) groups excluding carboxylic acids is 1. The Morgan fingerprint density at radius 1 is 1.25 bits per heavy atom. The summed E-state index contributed by atoms with van der Waals surface area (Å²) in [5.74, 6) is 0.487. The number of hydrogen-bond donors (Lipinski definition) is 1. The molecule has 0 unspecified atom stereocenters. The third kappa shape index (κ3) is 6.11. The lowest BCUT2D eigenvalue weighted by Gasteiger charge is -2.27. The molecule has 0 saturated heterocycles. The fourth-order valence-corrected chi connectivity index (χ4v) is 2.38. The first kappa shape index (κ1) is 20.4. The van der Waals surface area contributed by atoms with Gasteiger partial charge in [0, 0.05) is 12.7 Å². The van der Waals surface area contributed by atoms with Crippen molar-refractivity contribution in [3.63, 3.8) is 0 Å². The molecule has 0 bridgehead atoms. The third-order valence-electron chi connectivity index (χ3n) is 4.21. The van der Waals surface area contributed by atoms with Crippen LogP contribution >= 0.6 is 0 Å². The van der Waals surface area contributed by atoms with E-state index in [0.717, 1.165) is 37.7 Å². The van der Waals surface area contributed by atoms with Gasteiger partial charge in [-0.25, -0.2) is 4.98 Å². The first-order valence-electron chi connectivity index (χ1n) is 8.92. The molecule has 1 heterocycles. The topological polar surface area (TPSA) is 60.5 Å². The Labute approximate surface area is 146 Å². The van der Waals surface area contributed by atoms with E-state index in [9.17, 15) is 4.79 Å². The summed E-state index contributed by atoms with van der Waals surface area (Å²) in [5.41, 5.74) is 0.757. The molecule has 0 saturated carbocycles. The Kier molecular flexibility index (Phi) is 8.76. The van der Waals surface area contributed by atoms with E-state index in [2.05, 4.69) is 24.1 Å². The van der Waals surface area contributed by atoms with E-state index in [1.807, 2.05) is 19.9 Å². The van der Waals surface area contributed by atoms with Crippen LogP contribution in [0.25, 0.3) is 0 Å². The fraction of sp³-hybridized carbons (Fsp3) is 0.684. The first-order chi connectivity index (χ1) is 11.5. The second kappa shape index (κ2) is 10.3. The van der Waals surface area contributed by atoms with Gasteiger partial charge in [-0.15, -0.1) is 0 Å². The summed E-state index contributed by atoms with van der Waals surface area (Å²) in [6.45, 7) is 8.69. The maximum atomic E-state index is 12.6. The minimum atomic E-state index is -0.820. The average Bonchev–Trinajstić information content (AvgIpc) is 2.57. The number of carbonyl (C=O) groups is 1. The number of ether oxygens (including phenoxy) is 2. The number of aryl methyl sites for hydroxylation is 1. The Balaban J connectivity index is 2.69. The molecule has 0 aliphatic rings. The lowest BCUT2D eigenvalue weighted by molar-refractivity contribution is -0.136. The SMILES string of the molecule is CCCCC[C@@](C)(OC)C(=O)Nc1cnc(OCCCC)c(C)c1. The second-order valence-electron chi connectivity index (χ2n) is 6.39. The molecule has 1 N–H and O–H groups in total. The first-order valence-corrected chi connectivity index (χ1v) is 8.92. The van der Waals surface area contributed by atoms with E-state index in [1.54, 1.807) is 13.3 Å². The maximum absolute atomic E-state index is 12.6. The van der Waals surface area contributed by atoms with E-state index in [4.69, 9.17) is 9.47 Å². The number of hydrogen-bond acceptors (Lipinski definition) is 4. The summed E-state index contributed by atoms with van der Waals surface area (Å²) in [6.07, 6.45) is 7.60. The van der Waals surface area contributed by atoms with Crippen LogP contribution in [0.5, 0.6) is 5.88 Å². The van der Waals surface area contributed by atoms with Crippen molar-refractivity contribution < 1.29 is 14.3 Å². The van der Waals surface area contributed by atoms with Crippen LogP contribution < -0.4 is 10.1 Å². The molecule has 0 fully saturated rings. The van der Waals surface area contributed by atoms with Crippen molar-refractivity contribution in [1.29, 1.82) is 0 Å². The number of nitrogens with zero attached hydrogens (tertiary/aromatic N) is 1. The normalized spacial score (nSPS) is 13.4. The predicted octanol–water partition coefficient (Wildman–Crippen LogP) is 4.49. The van der Waals surface area contributed by atoms with Crippen LogP contribution in [0.1, 0.15) is 64.9 Å². The number of nitrogens with one attached hydrogen (secondary N) is 1. The van der Waals surface area contributed by atoms with Crippen LogP contribution in [0.3, 0.4) is 0 Å². The molecule has 0 radical (unpaired) electrons. The zero-order valence-electron chi connectivity index (χ0n) is 15.8. The molecule has 136 valence electrons.